The minimum absolute atomic E-state index is 0.0770. The number of ether oxygens (including phenoxy) is 2. The monoisotopic (exact) mass is 747 g/mol. The van der Waals surface area contributed by atoms with Gasteiger partial charge in [-0.2, -0.15) is 4.73 Å². The second-order valence-electron chi connectivity index (χ2n) is 12.9. The summed E-state index contributed by atoms with van der Waals surface area (Å²) in [5, 5.41) is 27.4. The number of quaternary nitrogens is 1. The zero-order valence-corrected chi connectivity index (χ0v) is 29.1. The molecule has 2 bridgehead atoms. The van der Waals surface area contributed by atoms with Crippen molar-refractivity contribution >= 4 is 64.6 Å². The largest absolute Gasteiger partial charge is 0.503 e. The Labute approximate surface area is 297 Å². The average molecular weight is 748 g/mol. The molecule has 0 aromatic carbocycles. The van der Waals surface area contributed by atoms with Gasteiger partial charge in [0.2, 0.25) is 11.3 Å². The first-order valence-electron chi connectivity index (χ1n) is 15.7. The number of oxime groups is 1. The molecule has 0 saturated carbocycles. The highest BCUT2D eigenvalue weighted by Gasteiger charge is 2.55. The number of hydrogen-bond acceptors (Lipinski definition) is 16. The normalized spacial score (nSPS) is 24.6. The van der Waals surface area contributed by atoms with Crippen molar-refractivity contribution in [3.63, 3.8) is 0 Å². The van der Waals surface area contributed by atoms with E-state index in [0.717, 1.165) is 23.6 Å². The number of nitrogens with zero attached hydrogens (tertiary/aromatic N) is 6. The summed E-state index contributed by atoms with van der Waals surface area (Å²) in [6, 6.07) is -0.242. The molecule has 0 unspecified atom stereocenters. The zero-order valence-electron chi connectivity index (χ0n) is 27.4. The number of aromatic hydroxyl groups is 1. The Morgan fingerprint density at radius 3 is 2.63 bits per heavy atom. The average Bonchev–Trinajstić information content (AvgIpc) is 3.33. The van der Waals surface area contributed by atoms with E-state index in [1.165, 1.54) is 35.9 Å². The summed E-state index contributed by atoms with van der Waals surface area (Å²) < 4.78 is 11.2. The van der Waals surface area contributed by atoms with Crippen molar-refractivity contribution in [2.24, 2.45) is 5.16 Å². The first kappa shape index (κ1) is 35.7. The number of thioether (sulfide) groups is 1. The number of nitrogen functional groups attached to an aromatic ring is 1. The molecule has 4 fully saturated rings. The fourth-order valence-corrected chi connectivity index (χ4v) is 8.53. The van der Waals surface area contributed by atoms with E-state index in [2.05, 4.69) is 15.5 Å². The number of amides is 3. The Morgan fingerprint density at radius 2 is 1.96 bits per heavy atom. The van der Waals surface area contributed by atoms with Crippen molar-refractivity contribution in [3.8, 4) is 5.75 Å². The minimum atomic E-state index is -1.52. The van der Waals surface area contributed by atoms with E-state index in [-0.39, 0.29) is 47.1 Å². The third-order valence-corrected chi connectivity index (χ3v) is 11.3. The topological polar surface area (TPSA) is 245 Å². The van der Waals surface area contributed by atoms with Crippen molar-refractivity contribution in [1.82, 2.24) is 24.8 Å². The van der Waals surface area contributed by atoms with Crippen molar-refractivity contribution in [2.45, 2.75) is 49.9 Å². The summed E-state index contributed by atoms with van der Waals surface area (Å²) in [5.74, 6) is -3.57. The third kappa shape index (κ3) is 6.95. The van der Waals surface area contributed by atoms with Crippen LogP contribution in [-0.2, 0) is 33.5 Å². The summed E-state index contributed by atoms with van der Waals surface area (Å²) in [6.07, 6.45) is 2.07. The molecule has 4 saturated heterocycles. The van der Waals surface area contributed by atoms with Gasteiger partial charge in [0, 0.05) is 49.9 Å². The van der Waals surface area contributed by atoms with Gasteiger partial charge in [0.05, 0.1) is 37.9 Å². The zero-order chi connectivity index (χ0) is 36.7. The minimum Gasteiger partial charge on any atom is -0.503 e. The number of carbonyl (C=O) groups excluding carboxylic acids is 5. The molecule has 7 rings (SSSR count). The highest BCUT2D eigenvalue weighted by Crippen LogP contribution is 2.42. The summed E-state index contributed by atoms with van der Waals surface area (Å²) in [7, 11) is 0. The van der Waals surface area contributed by atoms with E-state index >= 15 is 0 Å². The lowest BCUT2D eigenvalue weighted by molar-refractivity contribution is -0.925. The maximum atomic E-state index is 13.6. The van der Waals surface area contributed by atoms with E-state index < -0.39 is 46.1 Å². The smallest absolute Gasteiger partial charge is 0.299 e. The quantitative estimate of drug-likeness (QED) is 0.0402. The Hall–Kier alpha value is -5.15. The first-order chi connectivity index (χ1) is 24.3. The van der Waals surface area contributed by atoms with Crippen LogP contribution in [-0.4, -0.2) is 132 Å². The van der Waals surface area contributed by atoms with Crippen LogP contribution in [0.1, 0.15) is 42.9 Å². The number of carbonyl (C=O) groups is 5. The molecule has 2 atom stereocenters. The van der Waals surface area contributed by atoms with E-state index in [1.54, 1.807) is 4.90 Å². The van der Waals surface area contributed by atoms with E-state index in [9.17, 15) is 39.1 Å². The lowest BCUT2D eigenvalue weighted by Gasteiger charge is -2.50. The molecule has 3 amide bonds. The molecular formula is C30H35N8O11S2+. The maximum absolute atomic E-state index is 13.6. The number of piperidine rings is 1. The van der Waals surface area contributed by atoms with Gasteiger partial charge >= 0.3 is 0 Å². The van der Waals surface area contributed by atoms with Crippen LogP contribution in [0.5, 0.6) is 5.75 Å². The van der Waals surface area contributed by atoms with Crippen LogP contribution in [0.2, 0.25) is 0 Å². The second kappa shape index (κ2) is 13.9. The molecule has 0 radical (unpaired) electrons. The van der Waals surface area contributed by atoms with Gasteiger partial charge in [0.1, 0.15) is 29.3 Å². The van der Waals surface area contributed by atoms with Crippen LogP contribution in [0.15, 0.2) is 39.0 Å². The van der Waals surface area contributed by atoms with Gasteiger partial charge < -0.3 is 45.1 Å². The summed E-state index contributed by atoms with van der Waals surface area (Å²) in [6.45, 7) is 5.88. The molecular weight excluding hydrogens is 713 g/mol. The Balaban J connectivity index is 1.17. The van der Waals surface area contributed by atoms with E-state index in [4.69, 9.17) is 20.0 Å². The SMILES string of the molecule is CC(C)(OC=O)O/N=C(\C(=O)N[C@@H]1C(=O)N2C(OC=O)=C(C[N+]34CCC(CC3)N(C(=O)c3cc(=O)c(O)cn3O)CC4)CS[C@H]12)c1csc(N)n1. The summed E-state index contributed by atoms with van der Waals surface area (Å²) >= 11 is 2.44. The van der Waals surface area contributed by atoms with Crippen LogP contribution in [0.25, 0.3) is 0 Å². The molecule has 2 aromatic heterocycles. The molecule has 2 aromatic rings. The van der Waals surface area contributed by atoms with Crippen LogP contribution in [0, 0.1) is 0 Å². The predicted octanol–water partition coefficient (Wildman–Crippen LogP) is -0.621. The fourth-order valence-electron chi connectivity index (χ4n) is 6.67. The predicted molar refractivity (Wildman–Crippen MR) is 178 cm³/mol. The Kier molecular flexibility index (Phi) is 9.70. The highest BCUT2D eigenvalue weighted by atomic mass is 32.2. The number of nitrogens with one attached hydrogen (secondary N) is 1. The highest BCUT2D eigenvalue weighted by molar-refractivity contribution is 8.00. The van der Waals surface area contributed by atoms with Crippen molar-refractivity contribution in [2.75, 3.05) is 44.2 Å². The van der Waals surface area contributed by atoms with Crippen molar-refractivity contribution < 1.29 is 53.1 Å². The molecule has 19 nitrogen and oxygen atoms in total. The number of aromatic nitrogens is 2. The lowest BCUT2D eigenvalue weighted by Crippen LogP contribution is -2.71. The number of β-lactam (4-membered cyclic amide) rings is 1. The summed E-state index contributed by atoms with van der Waals surface area (Å²) in [4.78, 5) is 87.3. The number of anilines is 1. The molecule has 272 valence electrons. The molecule has 51 heavy (non-hydrogen) atoms. The number of fused-ring (bicyclic) bond motifs is 5. The van der Waals surface area contributed by atoms with Gasteiger partial charge in [-0.3, -0.25) is 33.7 Å². The van der Waals surface area contributed by atoms with Gasteiger partial charge in [-0.05, 0) is 0 Å². The van der Waals surface area contributed by atoms with Crippen molar-refractivity contribution in [1.29, 1.82) is 0 Å². The number of thiazole rings is 1. The van der Waals surface area contributed by atoms with Gasteiger partial charge in [-0.1, -0.05) is 5.16 Å². The van der Waals surface area contributed by atoms with Gasteiger partial charge in [0.15, 0.2) is 16.6 Å². The molecule has 5 N–H and O–H groups in total. The van der Waals surface area contributed by atoms with Crippen molar-refractivity contribution in [3.05, 3.63) is 50.7 Å². The van der Waals surface area contributed by atoms with Crippen LogP contribution in [0.4, 0.5) is 5.13 Å². The number of nitrogens with two attached hydrogens (primary N) is 1. The molecule has 0 aliphatic carbocycles. The van der Waals surface area contributed by atoms with Gasteiger partial charge in [0.25, 0.3) is 36.5 Å². The summed E-state index contributed by atoms with van der Waals surface area (Å²) in [5.41, 5.74) is 5.21. The number of pyridine rings is 1. The second-order valence-corrected chi connectivity index (χ2v) is 14.8. The Morgan fingerprint density at radius 1 is 1.22 bits per heavy atom. The molecule has 5 aliphatic rings. The van der Waals surface area contributed by atoms with Crippen LogP contribution < -0.4 is 16.5 Å². The standard InChI is InChI=1S/C30H34N8O11S2/c1-30(2,48-15-40)49-34-22(18-13-51-29(31)32-18)24(43)33-23-26(45)37-27(47-14-39)16(12-50-28(23)37)11-38-6-3-17(4-7-38)35(5-8-38)25(44)19-9-20(41)21(42)10-36(19)46/h9-10,13-15,17,23,28,46H,3-8,11-12H2,1-2H3,(H3-,31,32,33,42,43)/p+1/b34-22-/t17?,23-,28-,38?/m1/s1. The van der Waals surface area contributed by atoms with Gasteiger partial charge in [-0.25, -0.2) is 4.98 Å². The third-order valence-electron chi connectivity index (χ3n) is 9.25. The van der Waals surface area contributed by atoms with E-state index in [0.29, 0.717) is 66.1 Å². The molecule has 7 heterocycles. The van der Waals surface area contributed by atoms with E-state index in [1.807, 2.05) is 0 Å². The number of hydrogen-bond donors (Lipinski definition) is 4. The fraction of sp³-hybridized carbons (Fsp3) is 0.467. The first-order valence-corrected chi connectivity index (χ1v) is 17.7. The molecule has 5 aliphatic heterocycles. The maximum Gasteiger partial charge on any atom is 0.299 e. The Bertz CT molecular complexity index is 1880. The molecule has 21 heteroatoms. The van der Waals surface area contributed by atoms with Crippen LogP contribution >= 0.6 is 23.1 Å². The lowest BCUT2D eigenvalue weighted by atomic mass is 10.0. The van der Waals surface area contributed by atoms with Gasteiger partial charge in [-0.15, -0.1) is 23.1 Å². The number of rotatable bonds is 12. The van der Waals surface area contributed by atoms with Crippen LogP contribution in [0.3, 0.4) is 0 Å². The molecule has 0 spiro atoms.